The summed E-state index contributed by atoms with van der Waals surface area (Å²) in [5.41, 5.74) is 4.58. The minimum atomic E-state index is -0.465. The topological polar surface area (TPSA) is 88.1 Å². The monoisotopic (exact) mass is 556 g/mol. The van der Waals surface area contributed by atoms with Crippen molar-refractivity contribution < 1.29 is 33.3 Å². The van der Waals surface area contributed by atoms with Crippen molar-refractivity contribution in [3.63, 3.8) is 0 Å². The van der Waals surface area contributed by atoms with Crippen LogP contribution in [0.25, 0.3) is 17.2 Å². The van der Waals surface area contributed by atoms with Crippen LogP contribution in [0.4, 0.5) is 0 Å². The molecule has 0 N–H and O–H groups in total. The third kappa shape index (κ3) is 13.2. The molecule has 0 radical (unpaired) electrons. The Morgan fingerprint density at radius 3 is 1.95 bits per heavy atom. The van der Waals surface area contributed by atoms with Crippen LogP contribution in [-0.4, -0.2) is 45.2 Å². The molecule has 0 bridgehead atoms. The summed E-state index contributed by atoms with van der Waals surface area (Å²) in [5.74, 6) is 0.359. The number of carbonyl (C=O) groups is 3. The number of benzene rings is 3. The highest BCUT2D eigenvalue weighted by Gasteiger charge is 2.03. The van der Waals surface area contributed by atoms with E-state index in [0.29, 0.717) is 31.0 Å². The average Bonchev–Trinajstić information content (AvgIpc) is 3.00. The molecule has 3 aromatic rings. The standard InChI is InChI=1S/C30H30O6.C4H6O/c1-3-29(31)35-22-19-24-7-14-28(15-8-24)36-30(32)18-9-23-5-10-25(11-6-23)26-12-16-27(17-13-26)34-21-4-20-33-2;1-4(2)3-5/h3,5-18H,1,4,19-22H2,2H3;3H,1H2,2H3/b18-9+;. The van der Waals surface area contributed by atoms with Crippen molar-refractivity contribution in [3.8, 4) is 22.6 Å². The first-order valence-electron chi connectivity index (χ1n) is 13.1. The molecule has 0 unspecified atom stereocenters. The van der Waals surface area contributed by atoms with Gasteiger partial charge in [0.25, 0.3) is 0 Å². The quantitative estimate of drug-likeness (QED) is 0.0744. The number of allylic oxidation sites excluding steroid dienone is 1. The summed E-state index contributed by atoms with van der Waals surface area (Å²) in [6.45, 7) is 9.89. The van der Waals surface area contributed by atoms with Gasteiger partial charge in [0.2, 0.25) is 0 Å². The highest BCUT2D eigenvalue weighted by Crippen LogP contribution is 2.23. The Morgan fingerprint density at radius 2 is 1.39 bits per heavy atom. The van der Waals surface area contributed by atoms with Gasteiger partial charge in [0, 0.05) is 38.7 Å². The van der Waals surface area contributed by atoms with Gasteiger partial charge in [-0.05, 0) is 65.1 Å². The zero-order valence-electron chi connectivity index (χ0n) is 23.5. The number of carbonyl (C=O) groups excluding carboxylic acids is 3. The summed E-state index contributed by atoms with van der Waals surface area (Å²) < 4.78 is 21.0. The third-order valence-electron chi connectivity index (χ3n) is 5.42. The van der Waals surface area contributed by atoms with E-state index in [1.54, 1.807) is 32.2 Å². The summed E-state index contributed by atoms with van der Waals surface area (Å²) in [6.07, 6.45) is 6.38. The Hall–Kier alpha value is -4.75. The zero-order valence-corrected chi connectivity index (χ0v) is 23.5. The average molecular weight is 557 g/mol. The number of rotatable bonds is 14. The lowest BCUT2D eigenvalue weighted by atomic mass is 10.0. The molecule has 3 rings (SSSR count). The fourth-order valence-electron chi connectivity index (χ4n) is 3.29. The molecular weight excluding hydrogens is 520 g/mol. The van der Waals surface area contributed by atoms with Gasteiger partial charge in [0.1, 0.15) is 17.8 Å². The molecule has 0 amide bonds. The Labute approximate surface area is 241 Å². The van der Waals surface area contributed by atoms with E-state index < -0.39 is 11.9 Å². The number of hydrogen-bond donors (Lipinski definition) is 0. The third-order valence-corrected chi connectivity index (χ3v) is 5.42. The molecular formula is C34H36O7. The molecule has 41 heavy (non-hydrogen) atoms. The molecule has 7 nitrogen and oxygen atoms in total. The van der Waals surface area contributed by atoms with E-state index in [0.717, 1.165) is 46.8 Å². The van der Waals surface area contributed by atoms with Crippen LogP contribution in [0.2, 0.25) is 0 Å². The molecule has 0 spiro atoms. The number of aldehydes is 1. The summed E-state index contributed by atoms with van der Waals surface area (Å²) in [7, 11) is 1.68. The van der Waals surface area contributed by atoms with Crippen molar-refractivity contribution in [1.29, 1.82) is 0 Å². The highest BCUT2D eigenvalue weighted by atomic mass is 16.5. The smallest absolute Gasteiger partial charge is 0.336 e. The van der Waals surface area contributed by atoms with Gasteiger partial charge < -0.3 is 18.9 Å². The second kappa shape index (κ2) is 18.5. The van der Waals surface area contributed by atoms with Gasteiger partial charge in [-0.2, -0.15) is 0 Å². The molecule has 0 aromatic heterocycles. The van der Waals surface area contributed by atoms with E-state index in [1.165, 1.54) is 6.08 Å². The van der Waals surface area contributed by atoms with Crippen LogP contribution in [0.5, 0.6) is 11.5 Å². The van der Waals surface area contributed by atoms with Crippen LogP contribution in [0, 0.1) is 0 Å². The molecule has 0 atom stereocenters. The Morgan fingerprint density at radius 1 is 0.805 bits per heavy atom. The fourth-order valence-corrected chi connectivity index (χ4v) is 3.29. The van der Waals surface area contributed by atoms with Crippen LogP contribution in [0.3, 0.4) is 0 Å². The van der Waals surface area contributed by atoms with Gasteiger partial charge in [0.05, 0.1) is 13.2 Å². The molecule has 214 valence electrons. The van der Waals surface area contributed by atoms with Crippen molar-refractivity contribution in [1.82, 2.24) is 0 Å². The molecule has 0 aliphatic carbocycles. The van der Waals surface area contributed by atoms with E-state index in [9.17, 15) is 14.4 Å². The van der Waals surface area contributed by atoms with Crippen molar-refractivity contribution in [2.24, 2.45) is 0 Å². The normalized spacial score (nSPS) is 10.2. The van der Waals surface area contributed by atoms with Gasteiger partial charge in [-0.1, -0.05) is 61.7 Å². The molecule has 0 aliphatic rings. The maximum Gasteiger partial charge on any atom is 0.336 e. The first kappa shape index (κ1) is 32.5. The fraction of sp³-hybridized carbons (Fsp3) is 0.206. The molecule has 0 fully saturated rings. The van der Waals surface area contributed by atoms with Crippen molar-refractivity contribution in [3.05, 3.63) is 115 Å². The van der Waals surface area contributed by atoms with Gasteiger partial charge in [-0.15, -0.1) is 0 Å². The summed E-state index contributed by atoms with van der Waals surface area (Å²) in [6, 6.07) is 22.9. The first-order chi connectivity index (χ1) is 19.8. The van der Waals surface area contributed by atoms with Crippen molar-refractivity contribution in [2.75, 3.05) is 26.9 Å². The lowest BCUT2D eigenvalue weighted by Crippen LogP contribution is -2.05. The Bertz CT molecular complexity index is 1290. The van der Waals surface area contributed by atoms with E-state index in [4.69, 9.17) is 18.9 Å². The molecule has 0 aliphatic heterocycles. The maximum absolute atomic E-state index is 12.2. The summed E-state index contributed by atoms with van der Waals surface area (Å²) in [4.78, 5) is 32.7. The van der Waals surface area contributed by atoms with E-state index in [-0.39, 0.29) is 6.61 Å². The Kier molecular flexibility index (Phi) is 14.7. The number of esters is 2. The largest absolute Gasteiger partial charge is 0.494 e. The molecule has 0 heterocycles. The highest BCUT2D eigenvalue weighted by molar-refractivity contribution is 5.88. The predicted octanol–water partition coefficient (Wildman–Crippen LogP) is 6.42. The second-order valence-electron chi connectivity index (χ2n) is 8.83. The van der Waals surface area contributed by atoms with E-state index in [2.05, 4.69) is 13.2 Å². The second-order valence-corrected chi connectivity index (χ2v) is 8.83. The zero-order chi connectivity index (χ0) is 29.9. The van der Waals surface area contributed by atoms with E-state index in [1.807, 2.05) is 60.7 Å². The van der Waals surface area contributed by atoms with Crippen LogP contribution in [0.15, 0.2) is 104 Å². The minimum absolute atomic E-state index is 0.264. The minimum Gasteiger partial charge on any atom is -0.494 e. The summed E-state index contributed by atoms with van der Waals surface area (Å²) >= 11 is 0. The van der Waals surface area contributed by atoms with Gasteiger partial charge in [0.15, 0.2) is 0 Å². The number of methoxy groups -OCH3 is 1. The number of hydrogen-bond acceptors (Lipinski definition) is 7. The van der Waals surface area contributed by atoms with Crippen LogP contribution >= 0.6 is 0 Å². The Balaban J connectivity index is 0.00000108. The first-order valence-corrected chi connectivity index (χ1v) is 13.1. The van der Waals surface area contributed by atoms with Crippen LogP contribution in [-0.2, 0) is 30.3 Å². The summed E-state index contributed by atoms with van der Waals surface area (Å²) in [5, 5.41) is 0. The lowest BCUT2D eigenvalue weighted by Gasteiger charge is -2.07. The molecule has 0 saturated carbocycles. The number of ether oxygens (including phenoxy) is 4. The van der Waals surface area contributed by atoms with Gasteiger partial charge >= 0.3 is 11.9 Å². The van der Waals surface area contributed by atoms with Crippen LogP contribution in [0.1, 0.15) is 24.5 Å². The van der Waals surface area contributed by atoms with Crippen LogP contribution < -0.4 is 9.47 Å². The molecule has 3 aromatic carbocycles. The van der Waals surface area contributed by atoms with Gasteiger partial charge in [-0.25, -0.2) is 9.59 Å². The van der Waals surface area contributed by atoms with Gasteiger partial charge in [-0.3, -0.25) is 4.79 Å². The van der Waals surface area contributed by atoms with Crippen molar-refractivity contribution >= 4 is 24.3 Å². The SMILES string of the molecule is C=C(C)C=O.C=CC(=O)OCCc1ccc(OC(=O)/C=C/c2ccc(-c3ccc(OCCCOC)cc3)cc2)cc1. The maximum atomic E-state index is 12.2. The molecule has 0 saturated heterocycles. The predicted molar refractivity (Wildman–Crippen MR) is 161 cm³/mol. The van der Waals surface area contributed by atoms with Crippen molar-refractivity contribution in [2.45, 2.75) is 19.8 Å². The van der Waals surface area contributed by atoms with E-state index >= 15 is 0 Å². The molecule has 7 heteroatoms. The lowest BCUT2D eigenvalue weighted by molar-refractivity contribution is -0.137.